The van der Waals surface area contributed by atoms with Crippen LogP contribution in [0.4, 0.5) is 0 Å². The van der Waals surface area contributed by atoms with Crippen LogP contribution in [0.15, 0.2) is 12.1 Å². The molecule has 2 atom stereocenters. The number of aliphatic hydroxyl groups excluding tert-OH is 1. The maximum atomic E-state index is 10.5. The minimum Gasteiger partial charge on any atom is -0.496 e. The van der Waals surface area contributed by atoms with Gasteiger partial charge in [0.2, 0.25) is 0 Å². The second kappa shape index (κ2) is 5.72. The summed E-state index contributed by atoms with van der Waals surface area (Å²) in [5.74, 6) is 0.829. The van der Waals surface area contributed by atoms with E-state index in [4.69, 9.17) is 4.74 Å². The Labute approximate surface area is 109 Å². The van der Waals surface area contributed by atoms with Crippen molar-refractivity contribution in [2.75, 3.05) is 13.7 Å². The molecule has 0 aromatic heterocycles. The topological polar surface area (TPSA) is 41.5 Å². The molecular weight excluding hydrogens is 226 g/mol. The van der Waals surface area contributed by atoms with E-state index in [-0.39, 0.29) is 6.04 Å². The molecule has 1 saturated heterocycles. The molecule has 1 aliphatic heterocycles. The summed E-state index contributed by atoms with van der Waals surface area (Å²) in [5, 5.41) is 13.9. The number of rotatable bonds is 3. The predicted molar refractivity (Wildman–Crippen MR) is 73.1 cm³/mol. The molecule has 1 aromatic carbocycles. The molecule has 0 saturated carbocycles. The van der Waals surface area contributed by atoms with Crippen molar-refractivity contribution < 1.29 is 9.84 Å². The number of hydrogen-bond donors (Lipinski definition) is 2. The number of aryl methyl sites for hydroxylation is 1. The van der Waals surface area contributed by atoms with Gasteiger partial charge in [-0.05, 0) is 44.4 Å². The first kappa shape index (κ1) is 13.4. The average Bonchev–Trinajstić information content (AvgIpc) is 2.42. The van der Waals surface area contributed by atoms with Crippen LogP contribution in [-0.2, 0) is 0 Å². The van der Waals surface area contributed by atoms with E-state index >= 15 is 0 Å². The van der Waals surface area contributed by atoms with Crippen molar-refractivity contribution in [3.63, 3.8) is 0 Å². The Balaban J connectivity index is 2.28. The molecule has 1 fully saturated rings. The van der Waals surface area contributed by atoms with Gasteiger partial charge in [0.1, 0.15) is 5.75 Å². The van der Waals surface area contributed by atoms with E-state index in [0.717, 1.165) is 29.8 Å². The Morgan fingerprint density at radius 3 is 2.72 bits per heavy atom. The molecule has 0 spiro atoms. The summed E-state index contributed by atoms with van der Waals surface area (Å²) < 4.78 is 5.48. The summed E-state index contributed by atoms with van der Waals surface area (Å²) in [6, 6.07) is 4.19. The van der Waals surface area contributed by atoms with Crippen LogP contribution >= 0.6 is 0 Å². The monoisotopic (exact) mass is 249 g/mol. The first-order chi connectivity index (χ1) is 8.65. The van der Waals surface area contributed by atoms with E-state index in [9.17, 15) is 5.11 Å². The van der Waals surface area contributed by atoms with Crippen molar-refractivity contribution in [3.05, 3.63) is 28.8 Å². The fourth-order valence-electron chi connectivity index (χ4n) is 2.68. The van der Waals surface area contributed by atoms with E-state index in [0.29, 0.717) is 0 Å². The van der Waals surface area contributed by atoms with Crippen molar-refractivity contribution in [2.45, 2.75) is 45.3 Å². The summed E-state index contributed by atoms with van der Waals surface area (Å²) in [6.45, 7) is 5.10. The molecule has 3 heteroatoms. The molecule has 100 valence electrons. The summed E-state index contributed by atoms with van der Waals surface area (Å²) in [4.78, 5) is 0. The second-order valence-electron chi connectivity index (χ2n) is 5.13. The van der Waals surface area contributed by atoms with Crippen molar-refractivity contribution in [1.29, 1.82) is 0 Å². The maximum absolute atomic E-state index is 10.5. The quantitative estimate of drug-likeness (QED) is 0.864. The number of ether oxygens (including phenoxy) is 1. The SMILES string of the molecule is COc1c(C(O)C2CCCCN2)ccc(C)c1C. The highest BCUT2D eigenvalue weighted by atomic mass is 16.5. The largest absolute Gasteiger partial charge is 0.496 e. The lowest BCUT2D eigenvalue weighted by atomic mass is 9.92. The average molecular weight is 249 g/mol. The summed E-state index contributed by atoms with van der Waals surface area (Å²) in [7, 11) is 1.67. The molecule has 0 aliphatic carbocycles. The Hall–Kier alpha value is -1.06. The van der Waals surface area contributed by atoms with Gasteiger partial charge in [0.05, 0.1) is 13.2 Å². The lowest BCUT2D eigenvalue weighted by Crippen LogP contribution is -2.38. The summed E-state index contributed by atoms with van der Waals surface area (Å²) in [6.07, 6.45) is 2.92. The van der Waals surface area contributed by atoms with Gasteiger partial charge in [0, 0.05) is 11.6 Å². The zero-order valence-electron chi connectivity index (χ0n) is 11.5. The van der Waals surface area contributed by atoms with E-state index in [2.05, 4.69) is 18.3 Å². The first-order valence-corrected chi connectivity index (χ1v) is 6.70. The van der Waals surface area contributed by atoms with Gasteiger partial charge in [-0.15, -0.1) is 0 Å². The van der Waals surface area contributed by atoms with Crippen molar-refractivity contribution in [3.8, 4) is 5.75 Å². The molecular formula is C15H23NO2. The first-order valence-electron chi connectivity index (χ1n) is 6.70. The van der Waals surface area contributed by atoms with Gasteiger partial charge in [-0.3, -0.25) is 0 Å². The zero-order valence-corrected chi connectivity index (χ0v) is 11.5. The van der Waals surface area contributed by atoms with Crippen LogP contribution < -0.4 is 10.1 Å². The molecule has 3 nitrogen and oxygen atoms in total. The molecule has 2 N–H and O–H groups in total. The van der Waals surface area contributed by atoms with E-state index < -0.39 is 6.10 Å². The van der Waals surface area contributed by atoms with Crippen molar-refractivity contribution in [1.82, 2.24) is 5.32 Å². The fraction of sp³-hybridized carbons (Fsp3) is 0.600. The summed E-state index contributed by atoms with van der Waals surface area (Å²) >= 11 is 0. The van der Waals surface area contributed by atoms with Crippen LogP contribution in [0, 0.1) is 13.8 Å². The second-order valence-corrected chi connectivity index (χ2v) is 5.13. The molecule has 18 heavy (non-hydrogen) atoms. The van der Waals surface area contributed by atoms with Gasteiger partial charge < -0.3 is 15.2 Å². The smallest absolute Gasteiger partial charge is 0.127 e. The molecule has 2 unspecified atom stereocenters. The van der Waals surface area contributed by atoms with E-state index in [1.807, 2.05) is 13.0 Å². The number of aliphatic hydroxyl groups is 1. The van der Waals surface area contributed by atoms with Crippen molar-refractivity contribution >= 4 is 0 Å². The number of benzene rings is 1. The fourth-order valence-corrected chi connectivity index (χ4v) is 2.68. The summed E-state index contributed by atoms with van der Waals surface area (Å²) in [5.41, 5.74) is 3.21. The number of nitrogens with one attached hydrogen (secondary N) is 1. The molecule has 1 aliphatic rings. The van der Waals surface area contributed by atoms with Crippen LogP contribution in [-0.4, -0.2) is 24.8 Å². The highest BCUT2D eigenvalue weighted by molar-refractivity contribution is 5.46. The Kier molecular flexibility index (Phi) is 4.25. The molecule has 2 rings (SSSR count). The van der Waals surface area contributed by atoms with Crippen LogP contribution in [0.1, 0.15) is 42.1 Å². The van der Waals surface area contributed by atoms with Gasteiger partial charge in [0.15, 0.2) is 0 Å². The van der Waals surface area contributed by atoms with Gasteiger partial charge in [-0.2, -0.15) is 0 Å². The highest BCUT2D eigenvalue weighted by Crippen LogP contribution is 2.33. The third kappa shape index (κ3) is 2.52. The molecule has 0 radical (unpaired) electrons. The lowest BCUT2D eigenvalue weighted by molar-refractivity contribution is 0.111. The number of piperidine rings is 1. The van der Waals surface area contributed by atoms with Crippen LogP contribution in [0.2, 0.25) is 0 Å². The van der Waals surface area contributed by atoms with Gasteiger partial charge in [-0.25, -0.2) is 0 Å². The standard InChI is InChI=1S/C15H23NO2/c1-10-7-8-12(15(18-3)11(10)2)14(17)13-6-4-5-9-16-13/h7-8,13-14,16-17H,4-6,9H2,1-3H3. The van der Waals surface area contributed by atoms with Gasteiger partial charge in [-0.1, -0.05) is 18.6 Å². The molecule has 1 heterocycles. The highest BCUT2D eigenvalue weighted by Gasteiger charge is 2.25. The van der Waals surface area contributed by atoms with Crippen molar-refractivity contribution in [2.24, 2.45) is 0 Å². The van der Waals surface area contributed by atoms with E-state index in [1.165, 1.54) is 18.4 Å². The normalized spacial score (nSPS) is 21.7. The Morgan fingerprint density at radius 2 is 2.11 bits per heavy atom. The Bertz CT molecular complexity index is 411. The zero-order chi connectivity index (χ0) is 13.1. The van der Waals surface area contributed by atoms with Crippen LogP contribution in [0.5, 0.6) is 5.75 Å². The molecule has 0 amide bonds. The van der Waals surface area contributed by atoms with Gasteiger partial charge in [0.25, 0.3) is 0 Å². The predicted octanol–water partition coefficient (Wildman–Crippen LogP) is 2.49. The van der Waals surface area contributed by atoms with Crippen LogP contribution in [0.25, 0.3) is 0 Å². The minimum atomic E-state index is -0.487. The van der Waals surface area contributed by atoms with Crippen LogP contribution in [0.3, 0.4) is 0 Å². The minimum absolute atomic E-state index is 0.148. The van der Waals surface area contributed by atoms with E-state index in [1.54, 1.807) is 7.11 Å². The molecule has 1 aromatic rings. The third-order valence-corrected chi connectivity index (χ3v) is 3.96. The maximum Gasteiger partial charge on any atom is 0.127 e. The van der Waals surface area contributed by atoms with Gasteiger partial charge >= 0.3 is 0 Å². The third-order valence-electron chi connectivity index (χ3n) is 3.96. The number of methoxy groups -OCH3 is 1. The number of hydrogen-bond acceptors (Lipinski definition) is 3. The molecule has 0 bridgehead atoms. The Morgan fingerprint density at radius 1 is 1.33 bits per heavy atom. The lowest BCUT2D eigenvalue weighted by Gasteiger charge is -2.29.